The van der Waals surface area contributed by atoms with Crippen LogP contribution in [0.25, 0.3) is 0 Å². The number of allylic oxidation sites excluding steroid dienone is 2. The predicted molar refractivity (Wildman–Crippen MR) is 116 cm³/mol. The first-order valence-electron chi connectivity index (χ1n) is 10.5. The van der Waals surface area contributed by atoms with Crippen LogP contribution in [0.2, 0.25) is 0 Å². The molecule has 1 fully saturated rings. The van der Waals surface area contributed by atoms with E-state index in [0.29, 0.717) is 18.4 Å². The first kappa shape index (κ1) is 21.1. The molecule has 3 rings (SSSR count). The Kier molecular flexibility index (Phi) is 7.88. The lowest BCUT2D eigenvalue weighted by Gasteiger charge is -2.29. The van der Waals surface area contributed by atoms with Crippen LogP contribution < -0.4 is 4.74 Å². The van der Waals surface area contributed by atoms with E-state index in [2.05, 4.69) is 65.6 Å². The molecule has 4 nitrogen and oxygen atoms in total. The number of rotatable bonds is 10. The minimum atomic E-state index is -0.719. The minimum Gasteiger partial charge on any atom is -0.497 e. The molecule has 1 saturated heterocycles. The maximum Gasteiger partial charge on any atom is 0.303 e. The quantitative estimate of drug-likeness (QED) is 0.430. The largest absolute Gasteiger partial charge is 0.497 e. The number of carboxylic acids is 1. The molecule has 154 valence electrons. The molecule has 1 aliphatic rings. The average molecular weight is 394 g/mol. The van der Waals surface area contributed by atoms with Crippen molar-refractivity contribution in [1.29, 1.82) is 0 Å². The molecular weight excluding hydrogens is 362 g/mol. The SMILES string of the molecule is COc1cccc([C@H]2[C@H](CC=CCCCC(=O)O)CCN2Cc2ccccc2)c1. The summed E-state index contributed by atoms with van der Waals surface area (Å²) < 4.78 is 5.47. The molecule has 2 aromatic rings. The summed E-state index contributed by atoms with van der Waals surface area (Å²) in [6.07, 6.45) is 8.34. The van der Waals surface area contributed by atoms with Crippen molar-refractivity contribution in [3.63, 3.8) is 0 Å². The number of ether oxygens (including phenoxy) is 1. The van der Waals surface area contributed by atoms with Gasteiger partial charge in [-0.25, -0.2) is 0 Å². The second-order valence-electron chi connectivity index (χ2n) is 7.72. The van der Waals surface area contributed by atoms with Crippen molar-refractivity contribution in [3.8, 4) is 5.75 Å². The van der Waals surface area contributed by atoms with Crippen molar-refractivity contribution in [3.05, 3.63) is 77.9 Å². The second-order valence-corrected chi connectivity index (χ2v) is 7.72. The average Bonchev–Trinajstić information content (AvgIpc) is 3.13. The molecule has 0 saturated carbocycles. The summed E-state index contributed by atoms with van der Waals surface area (Å²) in [7, 11) is 1.72. The highest BCUT2D eigenvalue weighted by Gasteiger charge is 2.34. The number of carboxylic acid groups (broad SMARTS) is 1. The Labute approximate surface area is 173 Å². The van der Waals surface area contributed by atoms with Gasteiger partial charge in [-0.1, -0.05) is 54.6 Å². The maximum atomic E-state index is 10.6. The van der Waals surface area contributed by atoms with Gasteiger partial charge in [0.2, 0.25) is 0 Å². The van der Waals surface area contributed by atoms with Gasteiger partial charge in [0.05, 0.1) is 7.11 Å². The van der Waals surface area contributed by atoms with Gasteiger partial charge in [0.1, 0.15) is 5.75 Å². The molecule has 2 atom stereocenters. The zero-order chi connectivity index (χ0) is 20.5. The smallest absolute Gasteiger partial charge is 0.303 e. The van der Waals surface area contributed by atoms with Gasteiger partial charge in [-0.05, 0) is 61.4 Å². The highest BCUT2D eigenvalue weighted by molar-refractivity contribution is 5.66. The molecule has 0 aliphatic carbocycles. The molecular formula is C25H31NO3. The summed E-state index contributed by atoms with van der Waals surface area (Å²) in [5.74, 6) is 0.724. The molecule has 0 bridgehead atoms. The summed E-state index contributed by atoms with van der Waals surface area (Å²) in [5.41, 5.74) is 2.65. The summed E-state index contributed by atoms with van der Waals surface area (Å²) in [6.45, 7) is 2.02. The van der Waals surface area contributed by atoms with Crippen LogP contribution in [-0.4, -0.2) is 29.6 Å². The zero-order valence-corrected chi connectivity index (χ0v) is 17.2. The summed E-state index contributed by atoms with van der Waals surface area (Å²) in [6, 6.07) is 19.4. The van der Waals surface area contributed by atoms with Crippen molar-refractivity contribution in [2.75, 3.05) is 13.7 Å². The van der Waals surface area contributed by atoms with Crippen molar-refractivity contribution in [2.24, 2.45) is 5.92 Å². The standard InChI is InChI=1S/C25H31NO3/c1-29-23-14-9-13-22(18-23)25-21(12-7-2-3-8-15-24(27)28)16-17-26(25)19-20-10-5-4-6-11-20/h2,4-7,9-11,13-14,18,21,25H,3,8,12,15-17,19H2,1H3,(H,27,28)/t21-,25-/m1/s1. The van der Waals surface area contributed by atoms with E-state index in [0.717, 1.165) is 38.1 Å². The van der Waals surface area contributed by atoms with Crippen LogP contribution in [0.5, 0.6) is 5.75 Å². The Hall–Kier alpha value is -2.59. The number of hydrogen-bond acceptors (Lipinski definition) is 3. The number of carbonyl (C=O) groups is 1. The summed E-state index contributed by atoms with van der Waals surface area (Å²) in [5, 5.41) is 8.76. The van der Waals surface area contributed by atoms with Crippen LogP contribution in [0.4, 0.5) is 0 Å². The van der Waals surface area contributed by atoms with Gasteiger partial charge in [-0.15, -0.1) is 0 Å². The topological polar surface area (TPSA) is 49.8 Å². The number of methoxy groups -OCH3 is 1. The Morgan fingerprint density at radius 1 is 1.17 bits per heavy atom. The van der Waals surface area contributed by atoms with E-state index in [1.165, 1.54) is 11.1 Å². The van der Waals surface area contributed by atoms with Crippen LogP contribution in [0.3, 0.4) is 0 Å². The van der Waals surface area contributed by atoms with Crippen molar-refractivity contribution in [2.45, 2.75) is 44.7 Å². The second kappa shape index (κ2) is 10.8. The Balaban J connectivity index is 1.70. The monoisotopic (exact) mass is 393 g/mol. The number of unbranched alkanes of at least 4 members (excludes halogenated alkanes) is 1. The van der Waals surface area contributed by atoms with Crippen LogP contribution >= 0.6 is 0 Å². The van der Waals surface area contributed by atoms with Gasteiger partial charge in [-0.3, -0.25) is 9.69 Å². The van der Waals surface area contributed by atoms with Crippen molar-refractivity contribution >= 4 is 5.97 Å². The van der Waals surface area contributed by atoms with E-state index in [9.17, 15) is 4.79 Å². The zero-order valence-electron chi connectivity index (χ0n) is 17.2. The number of nitrogens with zero attached hydrogens (tertiary/aromatic N) is 1. The molecule has 2 aromatic carbocycles. The lowest BCUT2D eigenvalue weighted by atomic mass is 9.90. The molecule has 29 heavy (non-hydrogen) atoms. The van der Waals surface area contributed by atoms with Gasteiger partial charge in [0.15, 0.2) is 0 Å². The third-order valence-corrected chi connectivity index (χ3v) is 5.66. The van der Waals surface area contributed by atoms with E-state index in [1.807, 2.05) is 6.07 Å². The van der Waals surface area contributed by atoms with E-state index < -0.39 is 5.97 Å². The minimum absolute atomic E-state index is 0.241. The molecule has 1 heterocycles. The molecule has 1 N–H and O–H groups in total. The van der Waals surface area contributed by atoms with Crippen LogP contribution in [0, 0.1) is 5.92 Å². The van der Waals surface area contributed by atoms with E-state index in [4.69, 9.17) is 9.84 Å². The van der Waals surface area contributed by atoms with E-state index in [1.54, 1.807) is 7.11 Å². The van der Waals surface area contributed by atoms with Gasteiger partial charge in [-0.2, -0.15) is 0 Å². The molecule has 0 spiro atoms. The maximum absolute atomic E-state index is 10.6. The lowest BCUT2D eigenvalue weighted by molar-refractivity contribution is -0.137. The third-order valence-electron chi connectivity index (χ3n) is 5.66. The highest BCUT2D eigenvalue weighted by Crippen LogP contribution is 2.41. The van der Waals surface area contributed by atoms with Crippen LogP contribution in [-0.2, 0) is 11.3 Å². The van der Waals surface area contributed by atoms with E-state index >= 15 is 0 Å². The van der Waals surface area contributed by atoms with Crippen molar-refractivity contribution in [1.82, 2.24) is 4.90 Å². The van der Waals surface area contributed by atoms with Crippen LogP contribution in [0.15, 0.2) is 66.7 Å². The molecule has 1 aliphatic heterocycles. The first-order chi connectivity index (χ1) is 14.2. The van der Waals surface area contributed by atoms with Crippen LogP contribution in [0.1, 0.15) is 49.3 Å². The van der Waals surface area contributed by atoms with Gasteiger partial charge >= 0.3 is 5.97 Å². The number of benzene rings is 2. The fourth-order valence-corrected chi connectivity index (χ4v) is 4.24. The fraction of sp³-hybridized carbons (Fsp3) is 0.400. The number of aliphatic carboxylic acids is 1. The molecule has 0 amide bonds. The summed E-state index contributed by atoms with van der Waals surface area (Å²) >= 11 is 0. The van der Waals surface area contributed by atoms with Crippen molar-refractivity contribution < 1.29 is 14.6 Å². The molecule has 4 heteroatoms. The summed E-state index contributed by atoms with van der Waals surface area (Å²) in [4.78, 5) is 13.2. The molecule has 0 aromatic heterocycles. The Morgan fingerprint density at radius 2 is 2.00 bits per heavy atom. The van der Waals surface area contributed by atoms with E-state index in [-0.39, 0.29) is 6.42 Å². The molecule has 0 radical (unpaired) electrons. The molecule has 0 unspecified atom stereocenters. The Bertz CT molecular complexity index is 803. The fourth-order valence-electron chi connectivity index (χ4n) is 4.24. The lowest BCUT2D eigenvalue weighted by Crippen LogP contribution is -2.25. The number of likely N-dealkylation sites (tertiary alicyclic amines) is 1. The first-order valence-corrected chi connectivity index (χ1v) is 10.5. The predicted octanol–water partition coefficient (Wildman–Crippen LogP) is 5.46. The normalized spacial score (nSPS) is 19.6. The van der Waals surface area contributed by atoms with Gasteiger partial charge in [0, 0.05) is 19.0 Å². The number of hydrogen-bond donors (Lipinski definition) is 1. The highest BCUT2D eigenvalue weighted by atomic mass is 16.5. The van der Waals surface area contributed by atoms with Gasteiger partial charge < -0.3 is 9.84 Å². The van der Waals surface area contributed by atoms with Gasteiger partial charge in [0.25, 0.3) is 0 Å². The Morgan fingerprint density at radius 3 is 2.76 bits per heavy atom. The third kappa shape index (κ3) is 6.20.